The van der Waals surface area contributed by atoms with Crippen LogP contribution < -0.4 is 10.6 Å². The van der Waals surface area contributed by atoms with E-state index in [-0.39, 0.29) is 16.4 Å². The van der Waals surface area contributed by atoms with Crippen molar-refractivity contribution in [3.05, 3.63) is 54.1 Å². The number of carbonyl (C=O) groups is 2. The molecule has 0 unspecified atom stereocenters. The molecule has 1 fully saturated rings. The van der Waals surface area contributed by atoms with E-state index in [9.17, 15) is 18.0 Å². The van der Waals surface area contributed by atoms with Crippen molar-refractivity contribution in [3.63, 3.8) is 0 Å². The zero-order valence-electron chi connectivity index (χ0n) is 17.5. The quantitative estimate of drug-likeness (QED) is 0.667. The van der Waals surface area contributed by atoms with Gasteiger partial charge in [-0.3, -0.25) is 14.5 Å². The molecule has 166 valence electrons. The van der Waals surface area contributed by atoms with Crippen molar-refractivity contribution >= 4 is 33.2 Å². The van der Waals surface area contributed by atoms with E-state index < -0.39 is 15.9 Å². The molecule has 0 atom stereocenters. The normalized spacial score (nSPS) is 14.9. The molecule has 2 amide bonds. The lowest BCUT2D eigenvalue weighted by Crippen LogP contribution is -2.41. The molecule has 0 aliphatic carbocycles. The van der Waals surface area contributed by atoms with Crippen LogP contribution in [0.1, 0.15) is 10.4 Å². The maximum Gasteiger partial charge on any atom is 0.255 e. The summed E-state index contributed by atoms with van der Waals surface area (Å²) in [4.78, 5) is 26.8. The number of carbonyl (C=O) groups excluding carboxylic acids is 2. The first-order valence-electron chi connectivity index (χ1n) is 9.80. The molecule has 1 aliphatic rings. The Hall–Kier alpha value is -2.79. The summed E-state index contributed by atoms with van der Waals surface area (Å²) in [6, 6.07) is 12.6. The highest BCUT2D eigenvalue weighted by Gasteiger charge is 2.19. The number of morpholine rings is 1. The zero-order chi connectivity index (χ0) is 22.4. The molecule has 9 nitrogen and oxygen atoms in total. The van der Waals surface area contributed by atoms with Crippen LogP contribution in [0.5, 0.6) is 0 Å². The molecule has 0 bridgehead atoms. The Balaban J connectivity index is 1.59. The van der Waals surface area contributed by atoms with Gasteiger partial charge < -0.3 is 15.4 Å². The first-order valence-corrected chi connectivity index (χ1v) is 11.2. The van der Waals surface area contributed by atoms with Crippen molar-refractivity contribution < 1.29 is 22.7 Å². The van der Waals surface area contributed by atoms with E-state index in [1.165, 1.54) is 32.3 Å². The molecule has 1 saturated heterocycles. The van der Waals surface area contributed by atoms with Gasteiger partial charge in [-0.2, -0.15) is 0 Å². The van der Waals surface area contributed by atoms with Gasteiger partial charge >= 0.3 is 0 Å². The summed E-state index contributed by atoms with van der Waals surface area (Å²) >= 11 is 0. The fraction of sp³-hybridized carbons (Fsp3) is 0.333. The van der Waals surface area contributed by atoms with Crippen molar-refractivity contribution in [1.82, 2.24) is 9.21 Å². The number of ether oxygens (including phenoxy) is 1. The maximum atomic E-state index is 12.5. The molecule has 0 spiro atoms. The number of nitrogens with one attached hydrogen (secondary N) is 2. The predicted octanol–water partition coefficient (Wildman–Crippen LogP) is 1.46. The van der Waals surface area contributed by atoms with Crippen molar-refractivity contribution in [3.8, 4) is 0 Å². The zero-order valence-corrected chi connectivity index (χ0v) is 18.3. The molecule has 1 heterocycles. The van der Waals surface area contributed by atoms with Crippen LogP contribution in [0, 0.1) is 0 Å². The lowest BCUT2D eigenvalue weighted by atomic mass is 10.2. The fourth-order valence-corrected chi connectivity index (χ4v) is 3.96. The fourth-order valence-electron chi connectivity index (χ4n) is 3.01. The summed E-state index contributed by atoms with van der Waals surface area (Å²) in [6.07, 6.45) is 0. The largest absolute Gasteiger partial charge is 0.379 e. The Labute approximate surface area is 182 Å². The van der Waals surface area contributed by atoms with E-state index in [1.54, 1.807) is 30.3 Å². The Bertz CT molecular complexity index is 1030. The van der Waals surface area contributed by atoms with E-state index in [0.717, 1.165) is 17.4 Å². The third-order valence-corrected chi connectivity index (χ3v) is 6.58. The smallest absolute Gasteiger partial charge is 0.255 e. The number of rotatable bonds is 7. The monoisotopic (exact) mass is 446 g/mol. The highest BCUT2D eigenvalue weighted by molar-refractivity contribution is 7.89. The molecule has 0 saturated carbocycles. The molecule has 2 N–H and O–H groups in total. The van der Waals surface area contributed by atoms with Crippen LogP contribution in [0.15, 0.2) is 53.4 Å². The first kappa shape index (κ1) is 22.9. The van der Waals surface area contributed by atoms with E-state index in [0.29, 0.717) is 31.1 Å². The van der Waals surface area contributed by atoms with Gasteiger partial charge in [0, 0.05) is 44.1 Å². The topological polar surface area (TPSA) is 108 Å². The average Bonchev–Trinajstić information content (AvgIpc) is 2.75. The third kappa shape index (κ3) is 6.11. The Morgan fingerprint density at radius 1 is 1.00 bits per heavy atom. The van der Waals surface area contributed by atoms with Crippen molar-refractivity contribution in [2.75, 3.05) is 57.6 Å². The van der Waals surface area contributed by atoms with Gasteiger partial charge in [0.2, 0.25) is 15.9 Å². The Morgan fingerprint density at radius 2 is 1.61 bits per heavy atom. The number of nitrogens with zero attached hydrogens (tertiary/aromatic N) is 2. The Kier molecular flexibility index (Phi) is 7.39. The van der Waals surface area contributed by atoms with Gasteiger partial charge in [-0.15, -0.1) is 0 Å². The number of hydrogen-bond acceptors (Lipinski definition) is 6. The minimum absolute atomic E-state index is 0.0449. The van der Waals surface area contributed by atoms with Crippen LogP contribution in [0.25, 0.3) is 0 Å². The number of anilines is 2. The van der Waals surface area contributed by atoms with Gasteiger partial charge in [-0.25, -0.2) is 12.7 Å². The second-order valence-electron chi connectivity index (χ2n) is 7.28. The highest BCUT2D eigenvalue weighted by Crippen LogP contribution is 2.18. The highest BCUT2D eigenvalue weighted by atomic mass is 32.2. The van der Waals surface area contributed by atoms with E-state index in [2.05, 4.69) is 10.6 Å². The van der Waals surface area contributed by atoms with Gasteiger partial charge in [0.25, 0.3) is 5.91 Å². The lowest BCUT2D eigenvalue weighted by molar-refractivity contribution is -0.118. The van der Waals surface area contributed by atoms with Crippen LogP contribution in [0.4, 0.5) is 11.4 Å². The number of sulfonamides is 1. The van der Waals surface area contributed by atoms with E-state index in [4.69, 9.17) is 4.74 Å². The van der Waals surface area contributed by atoms with Crippen LogP contribution in [0.3, 0.4) is 0 Å². The molecule has 31 heavy (non-hydrogen) atoms. The van der Waals surface area contributed by atoms with Gasteiger partial charge in [-0.1, -0.05) is 6.07 Å². The van der Waals surface area contributed by atoms with E-state index >= 15 is 0 Å². The summed E-state index contributed by atoms with van der Waals surface area (Å²) in [5, 5.41) is 5.56. The first-order chi connectivity index (χ1) is 14.8. The molecular weight excluding hydrogens is 420 g/mol. The number of amides is 2. The molecule has 0 aromatic heterocycles. The molecule has 3 rings (SSSR count). The molecular formula is C21H26N4O5S. The summed E-state index contributed by atoms with van der Waals surface area (Å²) < 4.78 is 30.9. The van der Waals surface area contributed by atoms with Crippen LogP contribution in [-0.2, 0) is 19.6 Å². The number of benzene rings is 2. The third-order valence-electron chi connectivity index (χ3n) is 4.77. The minimum atomic E-state index is -3.63. The molecule has 2 aromatic carbocycles. The molecule has 10 heteroatoms. The van der Waals surface area contributed by atoms with Crippen LogP contribution >= 0.6 is 0 Å². The van der Waals surface area contributed by atoms with Gasteiger partial charge in [0.15, 0.2) is 0 Å². The lowest BCUT2D eigenvalue weighted by Gasteiger charge is -2.25. The second-order valence-corrected chi connectivity index (χ2v) is 9.44. The maximum absolute atomic E-state index is 12.5. The second kappa shape index (κ2) is 10.0. The van der Waals surface area contributed by atoms with Gasteiger partial charge in [-0.05, 0) is 42.5 Å². The molecule has 1 aliphatic heterocycles. The summed E-state index contributed by atoms with van der Waals surface area (Å²) in [6.45, 7) is 3.02. The SMILES string of the molecule is CN(C)S(=O)(=O)c1cccc(C(=O)Nc2ccc(NC(=O)CN3CCOCC3)cc2)c1. The van der Waals surface area contributed by atoms with Crippen LogP contribution in [0.2, 0.25) is 0 Å². The van der Waals surface area contributed by atoms with Gasteiger partial charge in [0.05, 0.1) is 24.7 Å². The number of hydrogen-bond donors (Lipinski definition) is 2. The molecule has 0 radical (unpaired) electrons. The summed E-state index contributed by atoms with van der Waals surface area (Å²) in [7, 11) is -0.763. The van der Waals surface area contributed by atoms with Crippen molar-refractivity contribution in [2.24, 2.45) is 0 Å². The van der Waals surface area contributed by atoms with Crippen molar-refractivity contribution in [2.45, 2.75) is 4.90 Å². The standard InChI is InChI=1S/C21H26N4O5S/c1-24(2)31(28,29)19-5-3-4-16(14-19)21(27)23-18-8-6-17(7-9-18)22-20(26)15-25-10-12-30-13-11-25/h3-9,14H,10-13,15H2,1-2H3,(H,22,26)(H,23,27). The van der Waals surface area contributed by atoms with E-state index in [1.807, 2.05) is 4.90 Å². The van der Waals surface area contributed by atoms with Crippen molar-refractivity contribution in [1.29, 1.82) is 0 Å². The summed E-state index contributed by atoms with van der Waals surface area (Å²) in [5.41, 5.74) is 1.37. The molecule has 2 aromatic rings. The Morgan fingerprint density at radius 3 is 2.23 bits per heavy atom. The van der Waals surface area contributed by atoms with Crippen LogP contribution in [-0.4, -0.2) is 76.4 Å². The van der Waals surface area contributed by atoms with Gasteiger partial charge in [0.1, 0.15) is 0 Å². The predicted molar refractivity (Wildman–Crippen MR) is 118 cm³/mol. The summed E-state index contributed by atoms with van der Waals surface area (Å²) in [5.74, 6) is -0.544. The minimum Gasteiger partial charge on any atom is -0.379 e. The average molecular weight is 447 g/mol.